The summed E-state index contributed by atoms with van der Waals surface area (Å²) in [5.74, 6) is -0.155. The van der Waals surface area contributed by atoms with Crippen molar-refractivity contribution >= 4 is 28.3 Å². The van der Waals surface area contributed by atoms with Gasteiger partial charge in [0.15, 0.2) is 0 Å². The summed E-state index contributed by atoms with van der Waals surface area (Å²) in [7, 11) is -1.96. The van der Waals surface area contributed by atoms with E-state index < -0.39 is 10.0 Å². The number of rotatable bonds is 5. The lowest BCUT2D eigenvalue weighted by atomic mass is 10.1. The Balaban J connectivity index is 0.00000288. The van der Waals surface area contributed by atoms with Crippen LogP contribution in [0.5, 0.6) is 0 Å². The smallest absolute Gasteiger partial charge is 0.251 e. The molecule has 1 amide bonds. The van der Waals surface area contributed by atoms with Crippen LogP contribution in [0.4, 0.5) is 0 Å². The van der Waals surface area contributed by atoms with Gasteiger partial charge in [-0.15, -0.1) is 12.4 Å². The fourth-order valence-electron chi connectivity index (χ4n) is 2.46. The first-order valence-corrected chi connectivity index (χ1v) is 9.36. The molecule has 1 saturated heterocycles. The highest BCUT2D eigenvalue weighted by Gasteiger charge is 2.23. The van der Waals surface area contributed by atoms with E-state index in [2.05, 4.69) is 10.6 Å². The fraction of sp³-hybridized carbons (Fsp3) is 0.562. The lowest BCUT2D eigenvalue weighted by Gasteiger charge is -2.24. The molecule has 0 aromatic heterocycles. The normalized spacial score (nSPS) is 16.0. The maximum atomic E-state index is 12.4. The zero-order valence-corrected chi connectivity index (χ0v) is 15.9. The van der Waals surface area contributed by atoms with Gasteiger partial charge < -0.3 is 10.6 Å². The van der Waals surface area contributed by atoms with Crippen molar-refractivity contribution in [3.8, 4) is 0 Å². The van der Waals surface area contributed by atoms with Gasteiger partial charge in [0.1, 0.15) is 0 Å². The number of hydrogen-bond acceptors (Lipinski definition) is 4. The lowest BCUT2D eigenvalue weighted by molar-refractivity contribution is 0.0929. The molecular formula is C16H26ClN3O3S. The Morgan fingerprint density at radius 2 is 1.75 bits per heavy atom. The first-order valence-electron chi connectivity index (χ1n) is 7.92. The summed E-state index contributed by atoms with van der Waals surface area (Å²) in [4.78, 5) is 12.4. The van der Waals surface area contributed by atoms with Gasteiger partial charge in [-0.25, -0.2) is 8.42 Å². The molecule has 0 radical (unpaired) electrons. The number of nitrogens with one attached hydrogen (secondary N) is 2. The Morgan fingerprint density at radius 3 is 2.25 bits per heavy atom. The molecular weight excluding hydrogens is 350 g/mol. The van der Waals surface area contributed by atoms with E-state index in [1.807, 2.05) is 13.8 Å². The van der Waals surface area contributed by atoms with Crippen molar-refractivity contribution < 1.29 is 13.2 Å². The summed E-state index contributed by atoms with van der Waals surface area (Å²) in [5, 5.41) is 6.24. The molecule has 1 fully saturated rings. The fourth-order valence-corrected chi connectivity index (χ4v) is 3.82. The van der Waals surface area contributed by atoms with Crippen molar-refractivity contribution in [1.82, 2.24) is 14.9 Å². The second kappa shape index (κ2) is 8.80. The number of hydrogen-bond donors (Lipinski definition) is 2. The van der Waals surface area contributed by atoms with E-state index in [9.17, 15) is 13.2 Å². The molecule has 2 rings (SSSR count). The van der Waals surface area contributed by atoms with Crippen LogP contribution in [0.25, 0.3) is 0 Å². The summed E-state index contributed by atoms with van der Waals surface area (Å²) >= 11 is 0. The first-order chi connectivity index (χ1) is 10.8. The van der Waals surface area contributed by atoms with Crippen molar-refractivity contribution in [2.45, 2.75) is 43.7 Å². The number of piperidine rings is 1. The SMILES string of the molecule is CC(C)N(C)S(=O)(=O)c1ccc(C(=O)NC2CCNCC2)cc1.Cl. The van der Waals surface area contributed by atoms with E-state index in [0.717, 1.165) is 25.9 Å². The molecule has 1 aromatic carbocycles. The number of benzene rings is 1. The molecule has 0 unspecified atom stereocenters. The van der Waals surface area contributed by atoms with E-state index in [-0.39, 0.29) is 35.3 Å². The van der Waals surface area contributed by atoms with Gasteiger partial charge in [-0.2, -0.15) is 4.31 Å². The predicted molar refractivity (Wildman–Crippen MR) is 97.1 cm³/mol. The molecule has 1 aromatic rings. The second-order valence-corrected chi connectivity index (χ2v) is 8.13. The number of nitrogens with zero attached hydrogens (tertiary/aromatic N) is 1. The zero-order chi connectivity index (χ0) is 17.0. The van der Waals surface area contributed by atoms with Gasteiger partial charge in [0.25, 0.3) is 5.91 Å². The van der Waals surface area contributed by atoms with Gasteiger partial charge in [0, 0.05) is 24.7 Å². The summed E-state index contributed by atoms with van der Waals surface area (Å²) in [6.45, 7) is 5.45. The van der Waals surface area contributed by atoms with Crippen molar-refractivity contribution in [1.29, 1.82) is 0 Å². The van der Waals surface area contributed by atoms with E-state index >= 15 is 0 Å². The first kappa shape index (κ1) is 20.9. The van der Waals surface area contributed by atoms with Crippen LogP contribution in [-0.4, -0.2) is 50.9 Å². The molecule has 8 heteroatoms. The van der Waals surface area contributed by atoms with Crippen LogP contribution < -0.4 is 10.6 Å². The molecule has 2 N–H and O–H groups in total. The monoisotopic (exact) mass is 375 g/mol. The van der Waals surface area contributed by atoms with Crippen LogP contribution in [0.3, 0.4) is 0 Å². The molecule has 0 bridgehead atoms. The third-order valence-corrected chi connectivity index (χ3v) is 6.24. The van der Waals surface area contributed by atoms with E-state index in [0.29, 0.717) is 5.56 Å². The Kier molecular flexibility index (Phi) is 7.66. The van der Waals surface area contributed by atoms with Gasteiger partial charge >= 0.3 is 0 Å². The molecule has 6 nitrogen and oxygen atoms in total. The molecule has 1 aliphatic heterocycles. The van der Waals surface area contributed by atoms with E-state index in [1.54, 1.807) is 19.2 Å². The third-order valence-electron chi connectivity index (χ3n) is 4.20. The summed E-state index contributed by atoms with van der Waals surface area (Å²) in [6.07, 6.45) is 1.83. The van der Waals surface area contributed by atoms with Crippen molar-refractivity contribution in [2.75, 3.05) is 20.1 Å². The molecule has 0 spiro atoms. The predicted octanol–water partition coefficient (Wildman–Crippen LogP) is 1.62. The minimum atomic E-state index is -3.51. The van der Waals surface area contributed by atoms with Gasteiger partial charge in [-0.05, 0) is 64.0 Å². The number of carbonyl (C=O) groups excluding carboxylic acids is 1. The Hall–Kier alpha value is -1.15. The summed E-state index contributed by atoms with van der Waals surface area (Å²) in [6, 6.07) is 6.17. The van der Waals surface area contributed by atoms with E-state index in [4.69, 9.17) is 0 Å². The van der Waals surface area contributed by atoms with E-state index in [1.165, 1.54) is 16.4 Å². The second-order valence-electron chi connectivity index (χ2n) is 6.14. The van der Waals surface area contributed by atoms with Crippen LogP contribution >= 0.6 is 12.4 Å². The highest BCUT2D eigenvalue weighted by molar-refractivity contribution is 7.89. The molecule has 136 valence electrons. The molecule has 0 saturated carbocycles. The van der Waals surface area contributed by atoms with Crippen LogP contribution in [0.15, 0.2) is 29.2 Å². The summed E-state index contributed by atoms with van der Waals surface area (Å²) < 4.78 is 26.1. The van der Waals surface area contributed by atoms with Gasteiger partial charge in [-0.3, -0.25) is 4.79 Å². The van der Waals surface area contributed by atoms with Gasteiger partial charge in [-0.1, -0.05) is 0 Å². The van der Waals surface area contributed by atoms with Crippen LogP contribution in [0.2, 0.25) is 0 Å². The largest absolute Gasteiger partial charge is 0.349 e. The quantitative estimate of drug-likeness (QED) is 0.819. The average molecular weight is 376 g/mol. The number of carbonyl (C=O) groups is 1. The molecule has 0 aliphatic carbocycles. The number of amides is 1. The average Bonchev–Trinajstić information content (AvgIpc) is 2.55. The molecule has 1 heterocycles. The third kappa shape index (κ3) is 4.92. The summed E-state index contributed by atoms with van der Waals surface area (Å²) in [5.41, 5.74) is 0.481. The standard InChI is InChI=1S/C16H25N3O3S.ClH/c1-12(2)19(3)23(21,22)15-6-4-13(5-7-15)16(20)18-14-8-10-17-11-9-14;/h4-7,12,14,17H,8-11H2,1-3H3,(H,18,20);1H. The van der Waals surface area contributed by atoms with Crippen molar-refractivity contribution in [2.24, 2.45) is 0 Å². The maximum absolute atomic E-state index is 12.4. The minimum Gasteiger partial charge on any atom is -0.349 e. The van der Waals surface area contributed by atoms with Crippen LogP contribution in [0, 0.1) is 0 Å². The highest BCUT2D eigenvalue weighted by atomic mass is 35.5. The Bertz CT molecular complexity index is 641. The Morgan fingerprint density at radius 1 is 1.21 bits per heavy atom. The lowest BCUT2D eigenvalue weighted by Crippen LogP contribution is -2.42. The van der Waals surface area contributed by atoms with Crippen LogP contribution in [0.1, 0.15) is 37.0 Å². The maximum Gasteiger partial charge on any atom is 0.251 e. The van der Waals surface area contributed by atoms with Gasteiger partial charge in [0.05, 0.1) is 4.90 Å². The Labute approximate surface area is 150 Å². The molecule has 24 heavy (non-hydrogen) atoms. The molecule has 1 aliphatic rings. The van der Waals surface area contributed by atoms with Gasteiger partial charge in [0.2, 0.25) is 10.0 Å². The van der Waals surface area contributed by atoms with Crippen molar-refractivity contribution in [3.63, 3.8) is 0 Å². The van der Waals surface area contributed by atoms with Crippen molar-refractivity contribution in [3.05, 3.63) is 29.8 Å². The van der Waals surface area contributed by atoms with Crippen LogP contribution in [-0.2, 0) is 10.0 Å². The molecule has 0 atom stereocenters. The number of sulfonamides is 1. The zero-order valence-electron chi connectivity index (χ0n) is 14.3. The number of halogens is 1. The minimum absolute atomic E-state index is 0. The topological polar surface area (TPSA) is 78.5 Å². The highest BCUT2D eigenvalue weighted by Crippen LogP contribution is 2.17.